The molecule has 1 aromatic heterocycles. The average molecular weight is 323 g/mol. The molecule has 5 nitrogen and oxygen atoms in total. The lowest BCUT2D eigenvalue weighted by Crippen LogP contribution is -2.13. The standard InChI is InChI=1S/C13H11BrN2O3/c1-19-10-6-8(14)5-9(7-10)16-13(18)12-11(17)3-2-4-15-12/h2-7,17H,1H3,(H,16,18). The molecule has 0 fully saturated rings. The fraction of sp³-hybridized carbons (Fsp3) is 0.0769. The van der Waals surface area contributed by atoms with Crippen molar-refractivity contribution in [1.82, 2.24) is 4.98 Å². The summed E-state index contributed by atoms with van der Waals surface area (Å²) >= 11 is 3.32. The van der Waals surface area contributed by atoms with E-state index in [1.165, 1.54) is 19.4 Å². The summed E-state index contributed by atoms with van der Waals surface area (Å²) in [6, 6.07) is 8.12. The van der Waals surface area contributed by atoms with Crippen molar-refractivity contribution in [3.8, 4) is 11.5 Å². The van der Waals surface area contributed by atoms with E-state index in [0.29, 0.717) is 11.4 Å². The van der Waals surface area contributed by atoms with E-state index in [-0.39, 0.29) is 11.4 Å². The molecule has 0 aliphatic heterocycles. The summed E-state index contributed by atoms with van der Waals surface area (Å²) in [6.45, 7) is 0. The van der Waals surface area contributed by atoms with Gasteiger partial charge in [-0.2, -0.15) is 0 Å². The van der Waals surface area contributed by atoms with E-state index in [1.807, 2.05) is 0 Å². The summed E-state index contributed by atoms with van der Waals surface area (Å²) in [7, 11) is 1.54. The number of rotatable bonds is 3. The fourth-order valence-electron chi connectivity index (χ4n) is 1.51. The lowest BCUT2D eigenvalue weighted by atomic mass is 10.2. The number of methoxy groups -OCH3 is 1. The van der Waals surface area contributed by atoms with Crippen molar-refractivity contribution < 1.29 is 14.6 Å². The largest absolute Gasteiger partial charge is 0.505 e. The SMILES string of the molecule is COc1cc(Br)cc(NC(=O)c2ncccc2O)c1. The molecule has 2 aromatic rings. The highest BCUT2D eigenvalue weighted by atomic mass is 79.9. The Labute approximate surface area is 118 Å². The van der Waals surface area contributed by atoms with Gasteiger partial charge in [-0.25, -0.2) is 4.98 Å². The van der Waals surface area contributed by atoms with Gasteiger partial charge in [0.25, 0.3) is 5.91 Å². The number of pyridine rings is 1. The van der Waals surface area contributed by atoms with Crippen molar-refractivity contribution in [2.45, 2.75) is 0 Å². The number of aromatic nitrogens is 1. The van der Waals surface area contributed by atoms with E-state index in [4.69, 9.17) is 4.74 Å². The van der Waals surface area contributed by atoms with Crippen LogP contribution in [0.2, 0.25) is 0 Å². The van der Waals surface area contributed by atoms with Crippen molar-refractivity contribution in [2.24, 2.45) is 0 Å². The third-order valence-electron chi connectivity index (χ3n) is 2.37. The van der Waals surface area contributed by atoms with Gasteiger partial charge in [-0.15, -0.1) is 0 Å². The van der Waals surface area contributed by atoms with E-state index in [2.05, 4.69) is 26.2 Å². The minimum absolute atomic E-state index is 0.0264. The molecule has 2 rings (SSSR count). The van der Waals surface area contributed by atoms with E-state index in [0.717, 1.165) is 4.47 Å². The zero-order chi connectivity index (χ0) is 13.8. The molecular formula is C13H11BrN2O3. The summed E-state index contributed by atoms with van der Waals surface area (Å²) < 4.78 is 5.87. The van der Waals surface area contributed by atoms with Crippen LogP contribution in [-0.2, 0) is 0 Å². The Morgan fingerprint density at radius 1 is 1.42 bits per heavy atom. The maximum absolute atomic E-state index is 12.0. The quantitative estimate of drug-likeness (QED) is 0.911. The number of nitrogens with zero attached hydrogens (tertiary/aromatic N) is 1. The normalized spacial score (nSPS) is 10.0. The lowest BCUT2D eigenvalue weighted by molar-refractivity contribution is 0.101. The van der Waals surface area contributed by atoms with Gasteiger partial charge >= 0.3 is 0 Å². The summed E-state index contributed by atoms with van der Waals surface area (Å²) in [4.78, 5) is 15.8. The number of amides is 1. The Hall–Kier alpha value is -2.08. The van der Waals surface area contributed by atoms with Crippen molar-refractivity contribution >= 4 is 27.5 Å². The van der Waals surface area contributed by atoms with Crippen LogP contribution >= 0.6 is 15.9 Å². The number of anilines is 1. The molecule has 1 heterocycles. The van der Waals surface area contributed by atoms with Crippen LogP contribution in [0.4, 0.5) is 5.69 Å². The summed E-state index contributed by atoms with van der Waals surface area (Å²) in [5.74, 6) is -0.0462. The van der Waals surface area contributed by atoms with Gasteiger partial charge < -0.3 is 15.2 Å². The molecule has 0 bridgehead atoms. The number of carbonyl (C=O) groups excluding carboxylic acids is 1. The molecule has 1 aromatic carbocycles. The van der Waals surface area contributed by atoms with E-state index >= 15 is 0 Å². The van der Waals surface area contributed by atoms with E-state index < -0.39 is 5.91 Å². The maximum Gasteiger partial charge on any atom is 0.278 e. The minimum Gasteiger partial charge on any atom is -0.505 e. The number of ether oxygens (including phenoxy) is 1. The van der Waals surface area contributed by atoms with Gasteiger partial charge in [0, 0.05) is 22.4 Å². The van der Waals surface area contributed by atoms with Gasteiger partial charge in [0.15, 0.2) is 5.69 Å². The Morgan fingerprint density at radius 2 is 2.21 bits per heavy atom. The Bertz CT molecular complexity index is 617. The number of nitrogens with one attached hydrogen (secondary N) is 1. The Morgan fingerprint density at radius 3 is 2.89 bits per heavy atom. The van der Waals surface area contributed by atoms with E-state index in [1.54, 1.807) is 24.3 Å². The Kier molecular flexibility index (Phi) is 4.01. The summed E-state index contributed by atoms with van der Waals surface area (Å²) in [6.07, 6.45) is 1.44. The van der Waals surface area contributed by atoms with Crippen LogP contribution in [0.1, 0.15) is 10.5 Å². The molecular weight excluding hydrogens is 312 g/mol. The predicted octanol–water partition coefficient (Wildman–Crippen LogP) is 2.81. The zero-order valence-corrected chi connectivity index (χ0v) is 11.6. The summed E-state index contributed by atoms with van der Waals surface area (Å²) in [5, 5.41) is 12.2. The van der Waals surface area contributed by atoms with Gasteiger partial charge in [0.1, 0.15) is 11.5 Å². The number of carbonyl (C=O) groups is 1. The second-order valence-corrected chi connectivity index (χ2v) is 4.62. The molecule has 2 N–H and O–H groups in total. The molecule has 0 atom stereocenters. The molecule has 0 aliphatic carbocycles. The van der Waals surface area contributed by atoms with Crippen molar-refractivity contribution in [1.29, 1.82) is 0 Å². The zero-order valence-electron chi connectivity index (χ0n) is 10.1. The van der Waals surface area contributed by atoms with Gasteiger partial charge in [0.05, 0.1) is 7.11 Å². The number of hydrogen-bond donors (Lipinski definition) is 2. The van der Waals surface area contributed by atoms with Crippen LogP contribution in [-0.4, -0.2) is 23.1 Å². The van der Waals surface area contributed by atoms with Gasteiger partial charge in [0.2, 0.25) is 0 Å². The van der Waals surface area contributed by atoms with Gasteiger partial charge in [-0.05, 0) is 24.3 Å². The number of aromatic hydroxyl groups is 1. The summed E-state index contributed by atoms with van der Waals surface area (Å²) in [5.41, 5.74) is 0.516. The van der Waals surface area contributed by atoms with Crippen molar-refractivity contribution in [3.63, 3.8) is 0 Å². The van der Waals surface area contributed by atoms with Crippen LogP contribution in [0.5, 0.6) is 11.5 Å². The van der Waals surface area contributed by atoms with Crippen molar-refractivity contribution in [2.75, 3.05) is 12.4 Å². The lowest BCUT2D eigenvalue weighted by Gasteiger charge is -2.08. The topological polar surface area (TPSA) is 71.5 Å². The fourth-order valence-corrected chi connectivity index (χ4v) is 1.99. The van der Waals surface area contributed by atoms with Crippen LogP contribution in [0, 0.1) is 0 Å². The monoisotopic (exact) mass is 322 g/mol. The molecule has 0 aliphatic rings. The predicted molar refractivity (Wildman–Crippen MR) is 74.5 cm³/mol. The van der Waals surface area contributed by atoms with Crippen LogP contribution in [0.25, 0.3) is 0 Å². The smallest absolute Gasteiger partial charge is 0.278 e. The van der Waals surface area contributed by atoms with E-state index in [9.17, 15) is 9.90 Å². The Balaban J connectivity index is 2.24. The molecule has 0 saturated carbocycles. The highest BCUT2D eigenvalue weighted by Gasteiger charge is 2.13. The third-order valence-corrected chi connectivity index (χ3v) is 2.82. The van der Waals surface area contributed by atoms with Crippen LogP contribution < -0.4 is 10.1 Å². The molecule has 0 unspecified atom stereocenters. The number of hydrogen-bond acceptors (Lipinski definition) is 4. The third kappa shape index (κ3) is 3.23. The minimum atomic E-state index is -0.488. The highest BCUT2D eigenvalue weighted by Crippen LogP contribution is 2.25. The maximum atomic E-state index is 12.0. The first-order chi connectivity index (χ1) is 9.10. The van der Waals surface area contributed by atoms with Crippen LogP contribution in [0.15, 0.2) is 41.0 Å². The molecule has 6 heteroatoms. The number of benzene rings is 1. The number of halogens is 1. The average Bonchev–Trinajstić information content (AvgIpc) is 2.38. The molecule has 0 spiro atoms. The molecule has 0 radical (unpaired) electrons. The van der Waals surface area contributed by atoms with Gasteiger partial charge in [-0.1, -0.05) is 15.9 Å². The molecule has 1 amide bonds. The molecule has 19 heavy (non-hydrogen) atoms. The van der Waals surface area contributed by atoms with Crippen LogP contribution in [0.3, 0.4) is 0 Å². The first kappa shape index (κ1) is 13.4. The molecule has 98 valence electrons. The second-order valence-electron chi connectivity index (χ2n) is 3.70. The first-order valence-electron chi connectivity index (χ1n) is 5.40. The second kappa shape index (κ2) is 5.71. The van der Waals surface area contributed by atoms with Crippen molar-refractivity contribution in [3.05, 3.63) is 46.7 Å². The van der Waals surface area contributed by atoms with Gasteiger partial charge in [-0.3, -0.25) is 4.79 Å². The highest BCUT2D eigenvalue weighted by molar-refractivity contribution is 9.10. The first-order valence-corrected chi connectivity index (χ1v) is 6.19. The molecule has 0 saturated heterocycles.